The summed E-state index contributed by atoms with van der Waals surface area (Å²) in [6, 6.07) is 7.14. The summed E-state index contributed by atoms with van der Waals surface area (Å²) in [5.41, 5.74) is 6.93. The van der Waals surface area contributed by atoms with Crippen LogP contribution in [0.4, 0.5) is 5.69 Å². The average molecular weight is 261 g/mol. The maximum atomic E-state index is 12.3. The van der Waals surface area contributed by atoms with Crippen molar-refractivity contribution < 1.29 is 10.0 Å². The van der Waals surface area contributed by atoms with Gasteiger partial charge in [0.15, 0.2) is 5.84 Å². The maximum Gasteiger partial charge on any atom is 0.229 e. The zero-order chi connectivity index (χ0) is 13.8. The van der Waals surface area contributed by atoms with Gasteiger partial charge in [-0.1, -0.05) is 30.1 Å². The van der Waals surface area contributed by atoms with E-state index >= 15 is 0 Å². The van der Waals surface area contributed by atoms with Crippen molar-refractivity contribution in [1.29, 1.82) is 0 Å². The van der Waals surface area contributed by atoms with Crippen LogP contribution in [0.5, 0.6) is 0 Å². The lowest BCUT2D eigenvalue weighted by Gasteiger charge is -2.21. The van der Waals surface area contributed by atoms with Crippen LogP contribution in [0.1, 0.15) is 31.2 Å². The molecule has 1 saturated carbocycles. The third-order valence-corrected chi connectivity index (χ3v) is 3.67. The highest BCUT2D eigenvalue weighted by atomic mass is 16.4. The van der Waals surface area contributed by atoms with E-state index in [1.165, 1.54) is 0 Å². The van der Waals surface area contributed by atoms with Crippen LogP contribution in [0.3, 0.4) is 0 Å². The second kappa shape index (κ2) is 5.73. The van der Waals surface area contributed by atoms with Crippen LogP contribution < -0.4 is 10.6 Å². The number of amidine groups is 1. The molecule has 1 aromatic carbocycles. The summed E-state index contributed by atoms with van der Waals surface area (Å²) in [5, 5.41) is 11.7. The van der Waals surface area contributed by atoms with E-state index in [0.717, 1.165) is 31.4 Å². The molecule has 1 fully saturated rings. The molecular formula is C14H19N3O2. The first-order valence-electron chi connectivity index (χ1n) is 6.49. The fraction of sp³-hybridized carbons (Fsp3) is 0.429. The number of benzene rings is 1. The zero-order valence-corrected chi connectivity index (χ0v) is 11.0. The van der Waals surface area contributed by atoms with Crippen molar-refractivity contribution in [1.82, 2.24) is 0 Å². The van der Waals surface area contributed by atoms with Gasteiger partial charge in [0.25, 0.3) is 0 Å². The Balaban J connectivity index is 2.18. The number of hydrogen-bond acceptors (Lipinski definition) is 3. The Morgan fingerprint density at radius 1 is 1.42 bits per heavy atom. The van der Waals surface area contributed by atoms with Gasteiger partial charge in [-0.25, -0.2) is 0 Å². The molecule has 1 amide bonds. The second-order valence-corrected chi connectivity index (χ2v) is 4.91. The van der Waals surface area contributed by atoms with E-state index in [2.05, 4.69) is 5.16 Å². The minimum Gasteiger partial charge on any atom is -0.409 e. The predicted molar refractivity (Wildman–Crippen MR) is 74.3 cm³/mol. The number of oxime groups is 1. The summed E-state index contributed by atoms with van der Waals surface area (Å²) in [4.78, 5) is 14.0. The van der Waals surface area contributed by atoms with Crippen molar-refractivity contribution in [2.24, 2.45) is 16.8 Å². The van der Waals surface area contributed by atoms with E-state index in [-0.39, 0.29) is 17.7 Å². The van der Waals surface area contributed by atoms with Gasteiger partial charge in [-0.2, -0.15) is 0 Å². The van der Waals surface area contributed by atoms with Crippen LogP contribution >= 0.6 is 0 Å². The molecule has 5 heteroatoms. The number of nitrogens with zero attached hydrogens (tertiary/aromatic N) is 2. The van der Waals surface area contributed by atoms with Crippen molar-refractivity contribution in [3.05, 3.63) is 29.8 Å². The first kappa shape index (κ1) is 13.4. The highest BCUT2D eigenvalue weighted by Crippen LogP contribution is 2.28. The molecule has 1 aliphatic rings. The standard InChI is InChI=1S/C14H19N3O2/c1-17(14(18)10-5-2-3-6-10)12-8-4-7-11(9-12)13(15)16-19/h4,7-10,19H,2-3,5-6H2,1H3,(H2,15,16). The molecule has 0 radical (unpaired) electrons. The van der Waals surface area contributed by atoms with E-state index in [9.17, 15) is 4.79 Å². The summed E-state index contributed by atoms with van der Waals surface area (Å²) in [6.07, 6.45) is 4.22. The molecule has 0 heterocycles. The van der Waals surface area contributed by atoms with E-state index < -0.39 is 0 Å². The smallest absolute Gasteiger partial charge is 0.229 e. The minimum atomic E-state index is 0.0450. The van der Waals surface area contributed by atoms with E-state index in [4.69, 9.17) is 10.9 Å². The van der Waals surface area contributed by atoms with Crippen molar-refractivity contribution in [2.45, 2.75) is 25.7 Å². The number of carbonyl (C=O) groups excluding carboxylic acids is 1. The molecule has 0 aromatic heterocycles. The summed E-state index contributed by atoms with van der Waals surface area (Å²) >= 11 is 0. The first-order valence-corrected chi connectivity index (χ1v) is 6.49. The molecule has 0 atom stereocenters. The molecule has 102 valence electrons. The normalized spacial score (nSPS) is 16.6. The maximum absolute atomic E-state index is 12.3. The number of hydrogen-bond donors (Lipinski definition) is 2. The van der Waals surface area contributed by atoms with Gasteiger partial charge in [0, 0.05) is 24.2 Å². The van der Waals surface area contributed by atoms with Gasteiger partial charge in [-0.15, -0.1) is 0 Å². The number of amides is 1. The van der Waals surface area contributed by atoms with Crippen LogP contribution in [0.15, 0.2) is 29.4 Å². The molecule has 1 aliphatic carbocycles. The van der Waals surface area contributed by atoms with Crippen LogP contribution in [0.2, 0.25) is 0 Å². The number of nitrogens with two attached hydrogens (primary N) is 1. The fourth-order valence-electron chi connectivity index (χ4n) is 2.51. The van der Waals surface area contributed by atoms with E-state index in [1.54, 1.807) is 30.1 Å². The summed E-state index contributed by atoms with van der Waals surface area (Å²) < 4.78 is 0. The monoisotopic (exact) mass is 261 g/mol. The lowest BCUT2D eigenvalue weighted by atomic mass is 10.1. The van der Waals surface area contributed by atoms with Crippen molar-refractivity contribution >= 4 is 17.4 Å². The molecule has 0 spiro atoms. The van der Waals surface area contributed by atoms with Crippen molar-refractivity contribution in [2.75, 3.05) is 11.9 Å². The molecule has 0 unspecified atom stereocenters. The van der Waals surface area contributed by atoms with Gasteiger partial charge in [-0.05, 0) is 25.0 Å². The van der Waals surface area contributed by atoms with Gasteiger partial charge < -0.3 is 15.8 Å². The van der Waals surface area contributed by atoms with Crippen molar-refractivity contribution in [3.63, 3.8) is 0 Å². The second-order valence-electron chi connectivity index (χ2n) is 4.91. The number of anilines is 1. The quantitative estimate of drug-likeness (QED) is 0.377. The van der Waals surface area contributed by atoms with Gasteiger partial charge in [0.2, 0.25) is 5.91 Å². The van der Waals surface area contributed by atoms with Crippen molar-refractivity contribution in [3.8, 4) is 0 Å². The van der Waals surface area contributed by atoms with Crippen LogP contribution in [0.25, 0.3) is 0 Å². The Hall–Kier alpha value is -2.04. The van der Waals surface area contributed by atoms with Gasteiger partial charge in [-0.3, -0.25) is 4.79 Å². The van der Waals surface area contributed by atoms with Crippen LogP contribution in [0, 0.1) is 5.92 Å². The summed E-state index contributed by atoms with van der Waals surface area (Å²) in [5.74, 6) is 0.329. The molecule has 5 nitrogen and oxygen atoms in total. The van der Waals surface area contributed by atoms with E-state index in [1.807, 2.05) is 6.07 Å². The minimum absolute atomic E-state index is 0.0450. The Kier molecular flexibility index (Phi) is 4.04. The van der Waals surface area contributed by atoms with Crippen LogP contribution in [-0.4, -0.2) is 24.0 Å². The van der Waals surface area contributed by atoms with Gasteiger partial charge in [0.05, 0.1) is 0 Å². The molecule has 3 N–H and O–H groups in total. The Labute approximate surface area is 112 Å². The largest absolute Gasteiger partial charge is 0.409 e. The molecule has 0 bridgehead atoms. The lowest BCUT2D eigenvalue weighted by Crippen LogP contribution is -2.31. The summed E-state index contributed by atoms with van der Waals surface area (Å²) in [6.45, 7) is 0. The fourth-order valence-corrected chi connectivity index (χ4v) is 2.51. The first-order chi connectivity index (χ1) is 9.13. The van der Waals surface area contributed by atoms with E-state index in [0.29, 0.717) is 5.56 Å². The molecule has 19 heavy (non-hydrogen) atoms. The molecule has 0 aliphatic heterocycles. The van der Waals surface area contributed by atoms with Crippen LogP contribution in [-0.2, 0) is 4.79 Å². The lowest BCUT2D eigenvalue weighted by molar-refractivity contribution is -0.121. The molecule has 2 rings (SSSR count). The molecule has 1 aromatic rings. The molecular weight excluding hydrogens is 242 g/mol. The van der Waals surface area contributed by atoms with Gasteiger partial charge in [0.1, 0.15) is 0 Å². The average Bonchev–Trinajstić information content (AvgIpc) is 2.99. The predicted octanol–water partition coefficient (Wildman–Crippen LogP) is 1.93. The zero-order valence-electron chi connectivity index (χ0n) is 11.0. The third-order valence-electron chi connectivity index (χ3n) is 3.67. The number of rotatable bonds is 3. The highest BCUT2D eigenvalue weighted by molar-refractivity contribution is 6.00. The molecule has 0 saturated heterocycles. The third kappa shape index (κ3) is 2.86. The SMILES string of the molecule is CN(C(=O)C1CCCC1)c1cccc(C(N)=NO)c1. The Morgan fingerprint density at radius 2 is 2.11 bits per heavy atom. The summed E-state index contributed by atoms with van der Waals surface area (Å²) in [7, 11) is 1.77. The highest BCUT2D eigenvalue weighted by Gasteiger charge is 2.26. The van der Waals surface area contributed by atoms with Gasteiger partial charge >= 0.3 is 0 Å². The Morgan fingerprint density at radius 3 is 2.74 bits per heavy atom. The number of carbonyl (C=O) groups is 1. The topological polar surface area (TPSA) is 78.9 Å². The Bertz CT molecular complexity index is 493.